The summed E-state index contributed by atoms with van der Waals surface area (Å²) in [5.74, 6) is -1.28. The van der Waals surface area contributed by atoms with Crippen molar-refractivity contribution in [2.45, 2.75) is 105 Å². The predicted molar refractivity (Wildman–Crippen MR) is 341 cm³/mol. The molecule has 9 heteroatoms. The Balaban J connectivity index is 0.00000752. The van der Waals surface area contributed by atoms with E-state index in [1.165, 1.54) is 16.7 Å². The number of para-hydroxylation sites is 3. The van der Waals surface area contributed by atoms with E-state index in [-0.39, 0.29) is 48.4 Å². The van der Waals surface area contributed by atoms with Gasteiger partial charge in [-0.1, -0.05) is 179 Å². The first-order chi connectivity index (χ1) is 40.2. The molecular weight excluding hydrogens is 1240 g/mol. The molecule has 0 aliphatic carbocycles. The molecule has 12 rings (SSSR count). The summed E-state index contributed by atoms with van der Waals surface area (Å²) in [6.45, 7) is 26.1. The zero-order valence-electron chi connectivity index (χ0n) is 50.0. The molecule has 0 amide bonds. The number of aromatic nitrogens is 2. The van der Waals surface area contributed by atoms with Gasteiger partial charge in [-0.25, -0.2) is 18.2 Å². The van der Waals surface area contributed by atoms with Crippen LogP contribution < -0.4 is 14.5 Å². The number of anilines is 4. The molecule has 0 fully saturated rings. The summed E-state index contributed by atoms with van der Waals surface area (Å²) in [5.41, 5.74) is 14.8. The molecule has 0 bridgehead atoms. The largest absolute Gasteiger partial charge is 0.509 e. The summed E-state index contributed by atoms with van der Waals surface area (Å²) in [6, 6.07) is 64.8. The van der Waals surface area contributed by atoms with Crippen molar-refractivity contribution in [3.05, 3.63) is 246 Å². The molecule has 1 aliphatic rings. The second-order valence-electron chi connectivity index (χ2n) is 25.1. The van der Waals surface area contributed by atoms with Gasteiger partial charge in [-0.3, -0.25) is 0 Å². The number of halogens is 3. The smallest absolute Gasteiger partial charge is 0.136 e. The number of pyridine rings is 1. The Hall–Kier alpha value is -8.19. The summed E-state index contributed by atoms with van der Waals surface area (Å²) in [6.07, 6.45) is 3.47. The van der Waals surface area contributed by atoms with E-state index in [9.17, 15) is 0 Å². The van der Waals surface area contributed by atoms with E-state index in [0.717, 1.165) is 108 Å². The fourth-order valence-electron chi connectivity index (χ4n) is 11.8. The van der Waals surface area contributed by atoms with Crippen molar-refractivity contribution in [1.82, 2.24) is 9.55 Å². The van der Waals surface area contributed by atoms with Gasteiger partial charge in [0.15, 0.2) is 0 Å². The molecule has 0 atom stereocenters. The second kappa shape index (κ2) is 22.7. The number of rotatable bonds is 11. The third kappa shape index (κ3) is 11.1. The van der Waals surface area contributed by atoms with Crippen LogP contribution in [0.25, 0.3) is 72.1 Å². The Bertz CT molecular complexity index is 4280. The van der Waals surface area contributed by atoms with Gasteiger partial charge >= 0.3 is 0 Å². The number of hydrogen-bond acceptors (Lipinski definition) is 4. The van der Waals surface area contributed by atoms with E-state index in [2.05, 4.69) is 189 Å². The van der Waals surface area contributed by atoms with Crippen molar-refractivity contribution in [2.75, 3.05) is 9.80 Å². The van der Waals surface area contributed by atoms with Crippen LogP contribution in [-0.2, 0) is 50.2 Å². The minimum Gasteiger partial charge on any atom is -0.509 e. The quantitative estimate of drug-likeness (QED) is 0.121. The van der Waals surface area contributed by atoms with E-state index < -0.39 is 17.5 Å². The first kappa shape index (κ1) is 58.6. The Morgan fingerprint density at radius 1 is 0.494 bits per heavy atom. The second-order valence-corrected chi connectivity index (χ2v) is 25.1. The van der Waals surface area contributed by atoms with Gasteiger partial charge in [0.05, 0.1) is 5.56 Å². The summed E-state index contributed by atoms with van der Waals surface area (Å²) >= 11 is 0. The van der Waals surface area contributed by atoms with Crippen molar-refractivity contribution in [2.24, 2.45) is 0 Å². The first-order valence-electron chi connectivity index (χ1n) is 29.0. The topological polar surface area (TPSA) is 33.5 Å². The first-order valence-corrected chi connectivity index (χ1v) is 29.0. The summed E-state index contributed by atoms with van der Waals surface area (Å²) in [7, 11) is 0. The predicted octanol–water partition coefficient (Wildman–Crippen LogP) is 21.1. The van der Waals surface area contributed by atoms with Crippen LogP contribution >= 0.6 is 0 Å². The van der Waals surface area contributed by atoms with Gasteiger partial charge < -0.3 is 19.1 Å². The Morgan fingerprint density at radius 2 is 1.11 bits per heavy atom. The molecule has 85 heavy (non-hydrogen) atoms. The zero-order chi connectivity index (χ0) is 59.0. The van der Waals surface area contributed by atoms with Crippen molar-refractivity contribution < 1.29 is 39.0 Å². The van der Waals surface area contributed by atoms with Crippen molar-refractivity contribution in [3.8, 4) is 61.8 Å². The molecule has 432 valence electrons. The Kier molecular flexibility index (Phi) is 15.6. The average molecular weight is 1310 g/mol. The van der Waals surface area contributed by atoms with Crippen LogP contribution in [0.5, 0.6) is 11.5 Å². The maximum Gasteiger partial charge on any atom is 0.136 e. The third-order valence-corrected chi connectivity index (χ3v) is 16.3. The fraction of sp³-hybridized carbons (Fsp3) is 0.211. The normalized spacial score (nSPS) is 12.7. The van der Waals surface area contributed by atoms with Crippen LogP contribution in [0.15, 0.2) is 182 Å². The van der Waals surface area contributed by atoms with Gasteiger partial charge in [-0.05, 0) is 127 Å². The van der Waals surface area contributed by atoms with Gasteiger partial charge in [-0.2, -0.15) is 6.07 Å². The monoisotopic (exact) mass is 1300 g/mol. The van der Waals surface area contributed by atoms with E-state index in [1.807, 2.05) is 90.6 Å². The summed E-state index contributed by atoms with van der Waals surface area (Å²) in [5, 5.41) is 2.09. The molecule has 0 saturated heterocycles. The minimum atomic E-state index is -1.01. The Morgan fingerprint density at radius 3 is 1.75 bits per heavy atom. The van der Waals surface area contributed by atoms with E-state index >= 15 is 13.2 Å². The molecule has 2 aromatic heterocycles. The number of benzene rings is 9. The maximum absolute atomic E-state index is 16.9. The number of nitrogens with zero attached hydrogens (tertiary/aromatic N) is 4. The van der Waals surface area contributed by atoms with E-state index in [0.29, 0.717) is 22.9 Å². The van der Waals surface area contributed by atoms with Crippen LogP contribution in [0.4, 0.5) is 35.9 Å². The number of hydrogen-bond donors (Lipinski definition) is 0. The molecular formula is C76H68F3N4OPt-3. The average Bonchev–Trinajstić information content (AvgIpc) is 2.26. The van der Waals surface area contributed by atoms with Gasteiger partial charge in [0.25, 0.3) is 0 Å². The van der Waals surface area contributed by atoms with Crippen LogP contribution in [0.2, 0.25) is 0 Å². The molecule has 3 heterocycles. The van der Waals surface area contributed by atoms with E-state index in [4.69, 9.17) is 9.72 Å². The molecule has 0 saturated carbocycles. The molecule has 9 aromatic carbocycles. The van der Waals surface area contributed by atoms with Crippen molar-refractivity contribution in [1.29, 1.82) is 0 Å². The minimum absolute atomic E-state index is 0. The third-order valence-electron chi connectivity index (χ3n) is 16.3. The zero-order valence-corrected chi connectivity index (χ0v) is 52.2. The number of ether oxygens (including phenoxy) is 1. The van der Waals surface area contributed by atoms with Crippen LogP contribution in [0.1, 0.15) is 104 Å². The Labute approximate surface area is 513 Å². The van der Waals surface area contributed by atoms with Crippen molar-refractivity contribution in [3.63, 3.8) is 0 Å². The van der Waals surface area contributed by atoms with Crippen LogP contribution in [0, 0.1) is 36.3 Å². The van der Waals surface area contributed by atoms with Crippen LogP contribution in [-0.4, -0.2) is 9.55 Å². The summed E-state index contributed by atoms with van der Waals surface area (Å²) < 4.78 is 58.2. The molecule has 5 nitrogen and oxygen atoms in total. The summed E-state index contributed by atoms with van der Waals surface area (Å²) in [4.78, 5) is 9.03. The number of aryl methyl sites for hydroxylation is 2. The molecule has 0 N–H and O–H groups in total. The van der Waals surface area contributed by atoms with Gasteiger partial charge in [-0.15, -0.1) is 53.6 Å². The SMILES string of the molecule is CCc1cccc(CC)c1-c1cc(Oc2[c-]c3c(cc2)c2ccccc2n3-c2cc(C(C)(C)C)ccn2)[c-]c(N2[CH-]N(c3c(-c4cc(C(C)(C)C)cc(C(C)(C)C)c4)cc(-c4ccccc4)cc3-c3c(F)cc(F)cc3F)c3ccccc32)c1.[Pt]. The van der Waals surface area contributed by atoms with Gasteiger partial charge in [0.2, 0.25) is 0 Å². The molecule has 1 aliphatic heterocycles. The number of fused-ring (bicyclic) bond motifs is 4. The molecule has 0 radical (unpaired) electrons. The van der Waals surface area contributed by atoms with Gasteiger partial charge in [0, 0.05) is 84.6 Å². The standard InChI is InChI=1S/C76H68F3N4O.Pt/c1-12-47-24-21-25-48(13-2)71(47)52-36-57(44-59(37-52)84-58-30-31-61-60-26-17-18-27-66(60)83(69(61)45-58)70-41-53(32-33-80-70)74(3,4)5)81-46-82(68-29-20-19-28-67(68)81)73-62(51-34-54(75(6,7)8)40-55(35-51)76(9,10)11)38-50(49-22-15-14-16-23-49)39-63(73)72-64(78)42-56(77)43-65(72)79;/h14-43,46H,12-13H2,1-11H3;/q-3;. The van der Waals surface area contributed by atoms with Crippen molar-refractivity contribution >= 4 is 44.6 Å². The molecule has 11 aromatic rings. The maximum atomic E-state index is 16.9. The van der Waals surface area contributed by atoms with Gasteiger partial charge in [0.1, 0.15) is 23.3 Å². The fourth-order valence-corrected chi connectivity index (χ4v) is 11.8. The van der Waals surface area contributed by atoms with Crippen LogP contribution in [0.3, 0.4) is 0 Å². The molecule has 0 spiro atoms. The molecule has 0 unspecified atom stereocenters. The van der Waals surface area contributed by atoms with E-state index in [1.54, 1.807) is 0 Å².